The second-order valence-corrected chi connectivity index (χ2v) is 5.04. The Labute approximate surface area is 106 Å². The summed E-state index contributed by atoms with van der Waals surface area (Å²) in [5, 5.41) is 7.40. The monoisotopic (exact) mass is 246 g/mol. The van der Waals surface area contributed by atoms with Gasteiger partial charge in [-0.2, -0.15) is 9.61 Å². The number of aromatic nitrogens is 3. The fourth-order valence-corrected chi connectivity index (χ4v) is 2.50. The van der Waals surface area contributed by atoms with E-state index >= 15 is 0 Å². The van der Waals surface area contributed by atoms with E-state index < -0.39 is 0 Å². The van der Waals surface area contributed by atoms with Crippen LogP contribution in [0.3, 0.4) is 0 Å². The second-order valence-electron chi connectivity index (χ2n) is 5.04. The van der Waals surface area contributed by atoms with Crippen LogP contribution < -0.4 is 10.1 Å². The fraction of sp³-hybridized carbons (Fsp3) is 0.538. The summed E-state index contributed by atoms with van der Waals surface area (Å²) in [5.74, 6) is 1.55. The molecule has 1 aliphatic carbocycles. The van der Waals surface area contributed by atoms with Crippen molar-refractivity contribution >= 4 is 5.65 Å². The Morgan fingerprint density at radius 3 is 3.06 bits per heavy atom. The molecule has 0 bridgehead atoms. The standard InChI is InChI=1S/C13H18N4O/c1-9-3-12-15-8-16-17(12)13(4-9)18-11-5-10(6-11)7-14-2/h3-4,8,10-11,14H,5-7H2,1-2H3. The lowest BCUT2D eigenvalue weighted by atomic mass is 9.82. The van der Waals surface area contributed by atoms with Gasteiger partial charge in [-0.1, -0.05) is 0 Å². The zero-order chi connectivity index (χ0) is 12.5. The van der Waals surface area contributed by atoms with Crippen molar-refractivity contribution in [3.8, 4) is 5.88 Å². The number of ether oxygens (including phenoxy) is 1. The maximum atomic E-state index is 6.01. The molecule has 2 aromatic heterocycles. The van der Waals surface area contributed by atoms with Crippen molar-refractivity contribution in [3.05, 3.63) is 24.0 Å². The summed E-state index contributed by atoms with van der Waals surface area (Å²) in [4.78, 5) is 4.20. The van der Waals surface area contributed by atoms with Crippen LogP contribution in [-0.4, -0.2) is 34.3 Å². The van der Waals surface area contributed by atoms with Gasteiger partial charge in [0.05, 0.1) is 0 Å². The van der Waals surface area contributed by atoms with Gasteiger partial charge in [-0.25, -0.2) is 4.98 Å². The zero-order valence-electron chi connectivity index (χ0n) is 10.8. The van der Waals surface area contributed by atoms with E-state index in [-0.39, 0.29) is 0 Å². The molecule has 0 spiro atoms. The Kier molecular flexibility index (Phi) is 2.91. The van der Waals surface area contributed by atoms with Crippen molar-refractivity contribution in [3.63, 3.8) is 0 Å². The third-order valence-electron chi connectivity index (χ3n) is 3.46. The largest absolute Gasteiger partial charge is 0.474 e. The number of nitrogens with one attached hydrogen (secondary N) is 1. The highest BCUT2D eigenvalue weighted by atomic mass is 16.5. The third kappa shape index (κ3) is 2.06. The van der Waals surface area contributed by atoms with Gasteiger partial charge in [-0.3, -0.25) is 0 Å². The number of fused-ring (bicyclic) bond motifs is 1. The van der Waals surface area contributed by atoms with Gasteiger partial charge in [0.25, 0.3) is 0 Å². The molecule has 96 valence electrons. The lowest BCUT2D eigenvalue weighted by Gasteiger charge is -2.35. The molecule has 0 aliphatic heterocycles. The fourth-order valence-electron chi connectivity index (χ4n) is 2.50. The molecule has 18 heavy (non-hydrogen) atoms. The summed E-state index contributed by atoms with van der Waals surface area (Å²) in [6.45, 7) is 3.12. The summed E-state index contributed by atoms with van der Waals surface area (Å²) < 4.78 is 7.77. The number of rotatable bonds is 4. The van der Waals surface area contributed by atoms with Crippen LogP contribution in [0.4, 0.5) is 0 Å². The van der Waals surface area contributed by atoms with Crippen molar-refractivity contribution in [2.45, 2.75) is 25.9 Å². The van der Waals surface area contributed by atoms with Crippen LogP contribution in [0.15, 0.2) is 18.5 Å². The molecule has 0 amide bonds. The molecule has 2 heterocycles. The number of aryl methyl sites for hydroxylation is 1. The maximum absolute atomic E-state index is 6.01. The molecular formula is C13H18N4O. The third-order valence-corrected chi connectivity index (χ3v) is 3.46. The van der Waals surface area contributed by atoms with E-state index in [1.165, 1.54) is 0 Å². The van der Waals surface area contributed by atoms with Gasteiger partial charge in [0.1, 0.15) is 12.4 Å². The maximum Gasteiger partial charge on any atom is 0.216 e. The molecule has 2 aromatic rings. The topological polar surface area (TPSA) is 51.5 Å². The van der Waals surface area contributed by atoms with E-state index in [1.807, 2.05) is 26.1 Å². The van der Waals surface area contributed by atoms with Gasteiger partial charge < -0.3 is 10.1 Å². The van der Waals surface area contributed by atoms with Crippen LogP contribution in [-0.2, 0) is 0 Å². The predicted molar refractivity (Wildman–Crippen MR) is 68.8 cm³/mol. The first-order chi connectivity index (χ1) is 8.76. The number of nitrogens with zero attached hydrogens (tertiary/aromatic N) is 3. The van der Waals surface area contributed by atoms with Crippen LogP contribution >= 0.6 is 0 Å². The molecule has 1 saturated carbocycles. The minimum Gasteiger partial charge on any atom is -0.474 e. The average Bonchev–Trinajstić information content (AvgIpc) is 2.74. The van der Waals surface area contributed by atoms with E-state index in [0.29, 0.717) is 6.10 Å². The summed E-state index contributed by atoms with van der Waals surface area (Å²) in [6, 6.07) is 4.03. The molecular weight excluding hydrogens is 228 g/mol. The first kappa shape index (κ1) is 11.5. The van der Waals surface area contributed by atoms with Crippen LogP contribution in [0, 0.1) is 12.8 Å². The summed E-state index contributed by atoms with van der Waals surface area (Å²) in [7, 11) is 1.99. The Morgan fingerprint density at radius 2 is 2.28 bits per heavy atom. The van der Waals surface area contributed by atoms with Crippen LogP contribution in [0.25, 0.3) is 5.65 Å². The van der Waals surface area contributed by atoms with E-state index in [1.54, 1.807) is 10.8 Å². The van der Waals surface area contributed by atoms with Gasteiger partial charge >= 0.3 is 0 Å². The van der Waals surface area contributed by atoms with Crippen LogP contribution in [0.2, 0.25) is 0 Å². The zero-order valence-corrected chi connectivity index (χ0v) is 10.8. The van der Waals surface area contributed by atoms with E-state index in [0.717, 1.165) is 42.4 Å². The molecule has 0 atom stereocenters. The molecule has 0 aromatic carbocycles. The van der Waals surface area contributed by atoms with Crippen LogP contribution in [0.1, 0.15) is 18.4 Å². The van der Waals surface area contributed by atoms with Crippen molar-refractivity contribution in [1.29, 1.82) is 0 Å². The first-order valence-electron chi connectivity index (χ1n) is 6.38. The van der Waals surface area contributed by atoms with Gasteiger partial charge in [-0.15, -0.1) is 0 Å². The molecule has 5 nitrogen and oxygen atoms in total. The van der Waals surface area contributed by atoms with Crippen molar-refractivity contribution < 1.29 is 4.74 Å². The Balaban J connectivity index is 1.73. The van der Waals surface area contributed by atoms with Gasteiger partial charge in [0.15, 0.2) is 5.65 Å². The minimum absolute atomic E-state index is 0.317. The van der Waals surface area contributed by atoms with Crippen molar-refractivity contribution in [2.24, 2.45) is 5.92 Å². The first-order valence-corrected chi connectivity index (χ1v) is 6.38. The normalized spacial score (nSPS) is 23.0. The Bertz CT molecular complexity index is 545. The molecule has 5 heteroatoms. The highest BCUT2D eigenvalue weighted by Gasteiger charge is 2.30. The lowest BCUT2D eigenvalue weighted by molar-refractivity contribution is 0.0596. The van der Waals surface area contributed by atoms with Gasteiger partial charge in [0, 0.05) is 6.07 Å². The highest BCUT2D eigenvalue weighted by molar-refractivity contribution is 5.43. The summed E-state index contributed by atoms with van der Waals surface area (Å²) >= 11 is 0. The minimum atomic E-state index is 0.317. The number of hydrogen-bond donors (Lipinski definition) is 1. The molecule has 0 radical (unpaired) electrons. The number of hydrogen-bond acceptors (Lipinski definition) is 4. The molecule has 1 fully saturated rings. The van der Waals surface area contributed by atoms with Crippen LogP contribution in [0.5, 0.6) is 5.88 Å². The van der Waals surface area contributed by atoms with Gasteiger partial charge in [0.2, 0.25) is 5.88 Å². The van der Waals surface area contributed by atoms with E-state index in [9.17, 15) is 0 Å². The smallest absolute Gasteiger partial charge is 0.216 e. The highest BCUT2D eigenvalue weighted by Crippen LogP contribution is 2.31. The predicted octanol–water partition coefficient (Wildman–Crippen LogP) is 1.41. The quantitative estimate of drug-likeness (QED) is 0.886. The van der Waals surface area contributed by atoms with E-state index in [2.05, 4.69) is 15.4 Å². The molecule has 3 rings (SSSR count). The average molecular weight is 246 g/mol. The van der Waals surface area contributed by atoms with Gasteiger partial charge in [-0.05, 0) is 50.9 Å². The Morgan fingerprint density at radius 1 is 1.44 bits per heavy atom. The summed E-state index contributed by atoms with van der Waals surface area (Å²) in [5.41, 5.74) is 1.99. The molecule has 0 saturated heterocycles. The SMILES string of the molecule is CNCC1CC(Oc2cc(C)cc3ncnn23)C1. The molecule has 1 N–H and O–H groups in total. The Hall–Kier alpha value is -1.62. The number of pyridine rings is 1. The summed E-state index contributed by atoms with van der Waals surface area (Å²) in [6.07, 6.45) is 4.11. The molecule has 0 unspecified atom stereocenters. The van der Waals surface area contributed by atoms with Crippen molar-refractivity contribution in [1.82, 2.24) is 19.9 Å². The van der Waals surface area contributed by atoms with Crippen molar-refractivity contribution in [2.75, 3.05) is 13.6 Å². The lowest BCUT2D eigenvalue weighted by Crippen LogP contribution is -2.39. The molecule has 1 aliphatic rings. The van der Waals surface area contributed by atoms with E-state index in [4.69, 9.17) is 4.74 Å². The second kappa shape index (κ2) is 4.57.